The molecule has 1 aliphatic heterocycles. The van der Waals surface area contributed by atoms with Gasteiger partial charge in [0.1, 0.15) is 45.4 Å². The average Bonchev–Trinajstić information content (AvgIpc) is 2.68. The van der Waals surface area contributed by atoms with Crippen molar-refractivity contribution in [3.63, 3.8) is 0 Å². The van der Waals surface area contributed by atoms with Gasteiger partial charge in [0.25, 0.3) is 0 Å². The molecule has 0 saturated carbocycles. The van der Waals surface area contributed by atoms with Crippen LogP contribution >= 0.6 is 0 Å². The van der Waals surface area contributed by atoms with Crippen molar-refractivity contribution in [1.29, 1.82) is 0 Å². The van der Waals surface area contributed by atoms with Crippen LogP contribution in [0.15, 0.2) is 12.1 Å². The summed E-state index contributed by atoms with van der Waals surface area (Å²) in [5.74, 6) is 1.72. The Morgan fingerprint density at radius 2 is 1.56 bits per heavy atom. The Hall–Kier alpha value is -1.58. The van der Waals surface area contributed by atoms with Gasteiger partial charge in [-0.15, -0.1) is 0 Å². The Labute approximate surface area is 161 Å². The first kappa shape index (κ1) is 21.7. The maximum Gasteiger partial charge on any atom is 0.203 e. The summed E-state index contributed by atoms with van der Waals surface area (Å²) < 4.78 is 21.7. The average molecular weight is 386 g/mol. The molecular formula is C19H34N2O6+2. The molecule has 4 N–H and O–H groups in total. The minimum atomic E-state index is -0.499. The molecular weight excluding hydrogens is 352 g/mol. The highest BCUT2D eigenvalue weighted by Crippen LogP contribution is 2.38. The fourth-order valence-corrected chi connectivity index (χ4v) is 3.49. The fraction of sp³-hybridized carbons (Fsp3) is 0.684. The Morgan fingerprint density at radius 3 is 2.07 bits per heavy atom. The van der Waals surface area contributed by atoms with Crippen LogP contribution < -0.4 is 24.0 Å². The molecule has 1 saturated heterocycles. The van der Waals surface area contributed by atoms with E-state index in [2.05, 4.69) is 0 Å². The van der Waals surface area contributed by atoms with Crippen LogP contribution in [0.3, 0.4) is 0 Å². The summed E-state index contributed by atoms with van der Waals surface area (Å²) in [5.41, 5.74) is 0.894. The molecule has 27 heavy (non-hydrogen) atoms. The molecule has 154 valence electrons. The molecule has 0 aliphatic carbocycles. The van der Waals surface area contributed by atoms with Gasteiger partial charge in [-0.1, -0.05) is 0 Å². The van der Waals surface area contributed by atoms with Crippen LogP contribution in [0.2, 0.25) is 0 Å². The van der Waals surface area contributed by atoms with E-state index in [4.69, 9.17) is 24.1 Å². The zero-order valence-corrected chi connectivity index (χ0v) is 16.6. The van der Waals surface area contributed by atoms with Crippen molar-refractivity contribution in [3.8, 4) is 17.2 Å². The van der Waals surface area contributed by atoms with Crippen molar-refractivity contribution >= 4 is 0 Å². The van der Waals surface area contributed by atoms with Gasteiger partial charge in [0.2, 0.25) is 5.75 Å². The van der Waals surface area contributed by atoms with E-state index in [1.165, 1.54) is 9.80 Å². The number of aliphatic hydroxyl groups is 2. The monoisotopic (exact) mass is 386 g/mol. The first-order valence-corrected chi connectivity index (χ1v) is 9.43. The van der Waals surface area contributed by atoms with E-state index < -0.39 is 6.10 Å². The lowest BCUT2D eigenvalue weighted by Crippen LogP contribution is -3.28. The molecule has 2 rings (SSSR count). The van der Waals surface area contributed by atoms with Gasteiger partial charge in [-0.05, 0) is 17.7 Å². The van der Waals surface area contributed by atoms with Crippen LogP contribution in [0.25, 0.3) is 0 Å². The number of ether oxygens (including phenoxy) is 4. The second kappa shape index (κ2) is 11.3. The highest BCUT2D eigenvalue weighted by Gasteiger charge is 2.24. The standard InChI is InChI=1S/C19H32N2O6/c1-24-17-10-15(11-18(25-2)19(17)26-3)13-27-14-16(23)12-21-6-4-20(5-7-21)8-9-22/h10-11,16,22-23H,4-9,12-14H2,1-3H3/p+2/t16-/m0/s1. The number of rotatable bonds is 11. The van der Waals surface area contributed by atoms with Gasteiger partial charge in [-0.25, -0.2) is 0 Å². The molecule has 0 aromatic heterocycles. The van der Waals surface area contributed by atoms with Gasteiger partial charge < -0.3 is 39.0 Å². The number of benzene rings is 1. The molecule has 0 spiro atoms. The van der Waals surface area contributed by atoms with Crippen molar-refractivity contribution in [2.45, 2.75) is 12.7 Å². The van der Waals surface area contributed by atoms with Crippen molar-refractivity contribution < 1.29 is 39.0 Å². The smallest absolute Gasteiger partial charge is 0.203 e. The SMILES string of the molecule is COc1cc(COC[C@@H](O)C[NH+]2CC[NH+](CCO)CC2)cc(OC)c1OC. The van der Waals surface area contributed by atoms with E-state index in [9.17, 15) is 5.11 Å². The number of aliphatic hydroxyl groups excluding tert-OH is 2. The molecule has 0 unspecified atom stereocenters. The second-order valence-electron chi connectivity index (χ2n) is 6.88. The molecule has 8 nitrogen and oxygen atoms in total. The Kier molecular flexibility index (Phi) is 9.09. The van der Waals surface area contributed by atoms with Crippen molar-refractivity contribution in [3.05, 3.63) is 17.7 Å². The largest absolute Gasteiger partial charge is 0.493 e. The van der Waals surface area contributed by atoms with Crippen LogP contribution in [0.1, 0.15) is 5.56 Å². The van der Waals surface area contributed by atoms with E-state index in [0.717, 1.165) is 38.3 Å². The molecule has 0 bridgehead atoms. The first-order valence-electron chi connectivity index (χ1n) is 9.43. The number of piperazine rings is 1. The lowest BCUT2D eigenvalue weighted by molar-refractivity contribution is -1.01. The quantitative estimate of drug-likeness (QED) is 0.333. The van der Waals surface area contributed by atoms with Gasteiger partial charge >= 0.3 is 0 Å². The number of hydrogen-bond donors (Lipinski definition) is 4. The van der Waals surface area contributed by atoms with Gasteiger partial charge in [0.15, 0.2) is 11.5 Å². The maximum atomic E-state index is 10.3. The lowest BCUT2D eigenvalue weighted by Gasteiger charge is -2.30. The zero-order valence-electron chi connectivity index (χ0n) is 16.6. The molecule has 0 amide bonds. The normalized spacial score (nSPS) is 20.9. The van der Waals surface area contributed by atoms with Gasteiger partial charge in [-0.3, -0.25) is 0 Å². The summed E-state index contributed by atoms with van der Waals surface area (Å²) in [6.45, 7) is 6.48. The topological polar surface area (TPSA) is 86.3 Å². The molecule has 1 fully saturated rings. The molecule has 1 heterocycles. The second-order valence-corrected chi connectivity index (χ2v) is 6.88. The van der Waals surface area contributed by atoms with E-state index in [0.29, 0.717) is 30.4 Å². The Balaban J connectivity index is 1.77. The van der Waals surface area contributed by atoms with Crippen LogP contribution in [-0.2, 0) is 11.3 Å². The number of nitrogens with one attached hydrogen (secondary N) is 2. The summed E-state index contributed by atoms with van der Waals surface area (Å²) in [5, 5.41) is 19.3. The predicted octanol–water partition coefficient (Wildman–Crippen LogP) is -2.63. The third kappa shape index (κ3) is 6.51. The van der Waals surface area contributed by atoms with Crippen molar-refractivity contribution in [2.24, 2.45) is 0 Å². The molecule has 1 atom stereocenters. The first-order chi connectivity index (χ1) is 13.1. The van der Waals surface area contributed by atoms with E-state index in [1.807, 2.05) is 12.1 Å². The molecule has 0 radical (unpaired) electrons. The molecule has 1 aliphatic rings. The summed E-state index contributed by atoms with van der Waals surface area (Å²) in [7, 11) is 4.73. The summed E-state index contributed by atoms with van der Waals surface area (Å²) in [6.07, 6.45) is -0.499. The highest BCUT2D eigenvalue weighted by atomic mass is 16.5. The summed E-state index contributed by atoms with van der Waals surface area (Å²) >= 11 is 0. The van der Waals surface area contributed by atoms with Crippen LogP contribution in [0, 0.1) is 0 Å². The van der Waals surface area contributed by atoms with Crippen LogP contribution in [-0.4, -0.2) is 90.1 Å². The highest BCUT2D eigenvalue weighted by molar-refractivity contribution is 5.53. The fourth-order valence-electron chi connectivity index (χ4n) is 3.49. The van der Waals surface area contributed by atoms with Gasteiger partial charge in [-0.2, -0.15) is 0 Å². The number of methoxy groups -OCH3 is 3. The molecule has 8 heteroatoms. The predicted molar refractivity (Wildman–Crippen MR) is 100.0 cm³/mol. The third-order valence-corrected chi connectivity index (χ3v) is 4.96. The number of hydrogen-bond acceptors (Lipinski definition) is 6. The van der Waals surface area contributed by atoms with Crippen molar-refractivity contribution in [2.75, 3.05) is 73.8 Å². The van der Waals surface area contributed by atoms with Gasteiger partial charge in [0.05, 0.1) is 41.2 Å². The maximum absolute atomic E-state index is 10.3. The van der Waals surface area contributed by atoms with E-state index >= 15 is 0 Å². The minimum Gasteiger partial charge on any atom is -0.493 e. The van der Waals surface area contributed by atoms with E-state index in [-0.39, 0.29) is 13.2 Å². The Morgan fingerprint density at radius 1 is 0.963 bits per heavy atom. The van der Waals surface area contributed by atoms with Crippen molar-refractivity contribution in [1.82, 2.24) is 0 Å². The Bertz CT molecular complexity index is 538. The molecule has 1 aromatic rings. The summed E-state index contributed by atoms with van der Waals surface area (Å²) in [4.78, 5) is 2.83. The lowest BCUT2D eigenvalue weighted by atomic mass is 10.2. The van der Waals surface area contributed by atoms with E-state index in [1.54, 1.807) is 21.3 Å². The van der Waals surface area contributed by atoms with Gasteiger partial charge in [0, 0.05) is 0 Å². The zero-order chi connectivity index (χ0) is 19.6. The summed E-state index contributed by atoms with van der Waals surface area (Å²) in [6, 6.07) is 3.70. The number of quaternary nitrogens is 2. The third-order valence-electron chi connectivity index (χ3n) is 4.96. The molecule has 1 aromatic carbocycles. The van der Waals surface area contributed by atoms with Crippen LogP contribution in [0.4, 0.5) is 0 Å². The minimum absolute atomic E-state index is 0.238. The van der Waals surface area contributed by atoms with Crippen LogP contribution in [0.5, 0.6) is 17.2 Å².